The molecule has 0 aliphatic rings. The first-order valence-corrected chi connectivity index (χ1v) is 7.13. The lowest BCUT2D eigenvalue weighted by Crippen LogP contribution is -2.15. The SMILES string of the molecule is COCCCS(=O)(=O)Cc1c(C(=O)O)cnn1C. The van der Waals surface area contributed by atoms with Crippen LogP contribution in [0.1, 0.15) is 22.5 Å². The molecule has 0 atom stereocenters. The fourth-order valence-electron chi connectivity index (χ4n) is 1.52. The van der Waals surface area contributed by atoms with E-state index in [0.29, 0.717) is 13.0 Å². The smallest absolute Gasteiger partial charge is 0.339 e. The van der Waals surface area contributed by atoms with E-state index in [1.54, 1.807) is 0 Å². The third-order valence-corrected chi connectivity index (χ3v) is 4.08. The predicted molar refractivity (Wildman–Crippen MR) is 64.2 cm³/mol. The number of aromatic carboxylic acids is 1. The molecule has 0 bridgehead atoms. The van der Waals surface area contributed by atoms with Gasteiger partial charge in [-0.3, -0.25) is 4.68 Å². The number of aromatic nitrogens is 2. The normalized spacial score (nSPS) is 11.7. The molecule has 18 heavy (non-hydrogen) atoms. The molecule has 0 radical (unpaired) electrons. The second kappa shape index (κ2) is 5.96. The van der Waals surface area contributed by atoms with Gasteiger partial charge in [-0.2, -0.15) is 5.10 Å². The Morgan fingerprint density at radius 1 is 1.56 bits per heavy atom. The van der Waals surface area contributed by atoms with Crippen LogP contribution in [-0.4, -0.2) is 48.7 Å². The number of rotatable bonds is 7. The third kappa shape index (κ3) is 3.81. The van der Waals surface area contributed by atoms with Gasteiger partial charge in [0.2, 0.25) is 0 Å². The number of carbonyl (C=O) groups is 1. The van der Waals surface area contributed by atoms with Crippen molar-refractivity contribution >= 4 is 15.8 Å². The molecule has 8 heteroatoms. The van der Waals surface area contributed by atoms with Crippen molar-refractivity contribution in [1.29, 1.82) is 0 Å². The Kier molecular flexibility index (Phi) is 4.85. The Balaban J connectivity index is 2.84. The minimum absolute atomic E-state index is 0.0366. The topological polar surface area (TPSA) is 98.5 Å². The summed E-state index contributed by atoms with van der Waals surface area (Å²) in [6.45, 7) is 0.358. The molecule has 1 aromatic heterocycles. The quantitative estimate of drug-likeness (QED) is 0.708. The number of sulfone groups is 1. The van der Waals surface area contributed by atoms with Crippen molar-refractivity contribution in [2.24, 2.45) is 7.05 Å². The first-order chi connectivity index (χ1) is 8.37. The molecule has 0 saturated heterocycles. The van der Waals surface area contributed by atoms with Crippen molar-refractivity contribution in [3.63, 3.8) is 0 Å². The lowest BCUT2D eigenvalue weighted by Gasteiger charge is -2.06. The van der Waals surface area contributed by atoms with Crippen LogP contribution in [0, 0.1) is 0 Å². The van der Waals surface area contributed by atoms with E-state index >= 15 is 0 Å². The molecule has 1 N–H and O–H groups in total. The predicted octanol–water partition coefficient (Wildman–Crippen LogP) is 0.0696. The fraction of sp³-hybridized carbons (Fsp3) is 0.600. The maximum Gasteiger partial charge on any atom is 0.339 e. The van der Waals surface area contributed by atoms with Crippen LogP contribution in [0.25, 0.3) is 0 Å². The lowest BCUT2D eigenvalue weighted by atomic mass is 10.3. The van der Waals surface area contributed by atoms with E-state index in [9.17, 15) is 13.2 Å². The maximum absolute atomic E-state index is 11.8. The molecule has 7 nitrogen and oxygen atoms in total. The van der Waals surface area contributed by atoms with Crippen LogP contribution in [0.3, 0.4) is 0 Å². The van der Waals surface area contributed by atoms with Gasteiger partial charge in [-0.15, -0.1) is 0 Å². The van der Waals surface area contributed by atoms with E-state index in [1.807, 2.05) is 0 Å². The largest absolute Gasteiger partial charge is 0.478 e. The van der Waals surface area contributed by atoms with E-state index < -0.39 is 15.8 Å². The number of nitrogens with zero attached hydrogens (tertiary/aromatic N) is 2. The van der Waals surface area contributed by atoms with Gasteiger partial charge < -0.3 is 9.84 Å². The standard InChI is InChI=1S/C10H16N2O5S/c1-12-9(8(6-11-12)10(13)14)7-18(15,16)5-3-4-17-2/h6H,3-5,7H2,1-2H3,(H,13,14). The summed E-state index contributed by atoms with van der Waals surface area (Å²) in [5.74, 6) is -1.54. The van der Waals surface area contributed by atoms with Crippen LogP contribution in [0.4, 0.5) is 0 Å². The van der Waals surface area contributed by atoms with Gasteiger partial charge in [0.1, 0.15) is 5.56 Å². The monoisotopic (exact) mass is 276 g/mol. The summed E-state index contributed by atoms with van der Waals surface area (Å²) < 4.78 is 29.7. The fourth-order valence-corrected chi connectivity index (χ4v) is 2.98. The van der Waals surface area contributed by atoms with Gasteiger partial charge in [0, 0.05) is 20.8 Å². The molecular weight excluding hydrogens is 260 g/mol. The highest BCUT2D eigenvalue weighted by Crippen LogP contribution is 2.12. The first kappa shape index (κ1) is 14.7. The van der Waals surface area contributed by atoms with E-state index in [-0.39, 0.29) is 22.8 Å². The molecule has 1 aromatic rings. The van der Waals surface area contributed by atoms with Crippen molar-refractivity contribution in [2.45, 2.75) is 12.2 Å². The van der Waals surface area contributed by atoms with E-state index in [0.717, 1.165) is 6.20 Å². The van der Waals surface area contributed by atoms with Crippen LogP contribution in [0.2, 0.25) is 0 Å². The summed E-state index contributed by atoms with van der Waals surface area (Å²) in [5.41, 5.74) is 0.118. The summed E-state index contributed by atoms with van der Waals surface area (Å²) in [5, 5.41) is 12.7. The molecule has 0 spiro atoms. The maximum atomic E-state index is 11.8. The van der Waals surface area contributed by atoms with Crippen molar-refractivity contribution in [3.8, 4) is 0 Å². The number of carboxylic acids is 1. The Morgan fingerprint density at radius 2 is 2.22 bits per heavy atom. The summed E-state index contributed by atoms with van der Waals surface area (Å²) >= 11 is 0. The molecule has 102 valence electrons. The molecule has 0 aliphatic heterocycles. The zero-order chi connectivity index (χ0) is 13.8. The molecule has 0 fully saturated rings. The minimum Gasteiger partial charge on any atom is -0.478 e. The average Bonchev–Trinajstić information content (AvgIpc) is 2.60. The summed E-state index contributed by atoms with van der Waals surface area (Å²) in [4.78, 5) is 10.9. The third-order valence-electron chi connectivity index (χ3n) is 2.45. The Labute approximate surface area is 105 Å². The summed E-state index contributed by atoms with van der Waals surface area (Å²) in [7, 11) is -0.343. The van der Waals surface area contributed by atoms with Gasteiger partial charge in [0.25, 0.3) is 0 Å². The second-order valence-electron chi connectivity index (χ2n) is 3.87. The molecule has 0 amide bonds. The highest BCUT2D eigenvalue weighted by Gasteiger charge is 2.21. The number of carboxylic acid groups (broad SMARTS) is 1. The van der Waals surface area contributed by atoms with Crippen LogP contribution < -0.4 is 0 Å². The van der Waals surface area contributed by atoms with Gasteiger partial charge in [-0.25, -0.2) is 13.2 Å². The average molecular weight is 276 g/mol. The van der Waals surface area contributed by atoms with E-state index in [1.165, 1.54) is 18.8 Å². The van der Waals surface area contributed by atoms with Crippen molar-refractivity contribution in [1.82, 2.24) is 9.78 Å². The minimum atomic E-state index is -3.36. The van der Waals surface area contributed by atoms with Gasteiger partial charge in [-0.1, -0.05) is 0 Å². The number of hydrogen-bond donors (Lipinski definition) is 1. The lowest BCUT2D eigenvalue weighted by molar-refractivity contribution is 0.0696. The Bertz CT molecular complexity index is 520. The zero-order valence-corrected chi connectivity index (χ0v) is 11.1. The van der Waals surface area contributed by atoms with Crippen LogP contribution in [0.15, 0.2) is 6.20 Å². The molecule has 0 aromatic carbocycles. The molecule has 1 heterocycles. The van der Waals surface area contributed by atoms with Gasteiger partial charge in [-0.05, 0) is 6.42 Å². The Morgan fingerprint density at radius 3 is 2.78 bits per heavy atom. The Hall–Kier alpha value is -1.41. The molecule has 0 saturated carbocycles. The van der Waals surface area contributed by atoms with Gasteiger partial charge in [0.05, 0.1) is 23.4 Å². The van der Waals surface area contributed by atoms with Crippen LogP contribution in [0.5, 0.6) is 0 Å². The number of ether oxygens (including phenoxy) is 1. The molecule has 1 rings (SSSR count). The first-order valence-electron chi connectivity index (χ1n) is 5.31. The highest BCUT2D eigenvalue weighted by molar-refractivity contribution is 7.90. The number of hydrogen-bond acceptors (Lipinski definition) is 5. The van der Waals surface area contributed by atoms with Crippen molar-refractivity contribution in [2.75, 3.05) is 19.5 Å². The van der Waals surface area contributed by atoms with Gasteiger partial charge >= 0.3 is 5.97 Å². The van der Waals surface area contributed by atoms with E-state index in [2.05, 4.69) is 5.10 Å². The van der Waals surface area contributed by atoms with Crippen LogP contribution >= 0.6 is 0 Å². The summed E-state index contributed by atoms with van der Waals surface area (Å²) in [6, 6.07) is 0. The summed E-state index contributed by atoms with van der Waals surface area (Å²) in [6.07, 6.45) is 1.54. The van der Waals surface area contributed by atoms with Crippen molar-refractivity contribution < 1.29 is 23.1 Å². The van der Waals surface area contributed by atoms with Crippen molar-refractivity contribution in [3.05, 3.63) is 17.5 Å². The van der Waals surface area contributed by atoms with E-state index in [4.69, 9.17) is 9.84 Å². The molecule has 0 aliphatic carbocycles. The molecular formula is C10H16N2O5S. The number of methoxy groups -OCH3 is 1. The van der Waals surface area contributed by atoms with Gasteiger partial charge in [0.15, 0.2) is 9.84 Å². The van der Waals surface area contributed by atoms with Crippen LogP contribution in [-0.2, 0) is 27.4 Å². The second-order valence-corrected chi connectivity index (χ2v) is 6.06. The zero-order valence-electron chi connectivity index (χ0n) is 10.3. The number of aryl methyl sites for hydroxylation is 1. The molecule has 0 unspecified atom stereocenters. The highest BCUT2D eigenvalue weighted by atomic mass is 32.2.